The molecule has 2 heteroatoms. The number of hydrogen-bond acceptors (Lipinski definition) is 2. The lowest BCUT2D eigenvalue weighted by molar-refractivity contribution is -0.0452. The van der Waals surface area contributed by atoms with Gasteiger partial charge >= 0.3 is 0 Å². The van der Waals surface area contributed by atoms with Gasteiger partial charge in [0.25, 0.3) is 0 Å². The normalized spacial score (nSPS) is 26.6. The molecule has 2 unspecified atom stereocenters. The third kappa shape index (κ3) is 2.21. The van der Waals surface area contributed by atoms with Crippen LogP contribution in [0.5, 0.6) is 0 Å². The Morgan fingerprint density at radius 1 is 1.27 bits per heavy atom. The SMILES string of the molecule is Cc1cccc(C)c1C1CC(O)CCO1. The number of hydrogen-bond donors (Lipinski definition) is 1. The van der Waals surface area contributed by atoms with E-state index >= 15 is 0 Å². The summed E-state index contributed by atoms with van der Waals surface area (Å²) in [5, 5.41) is 9.64. The van der Waals surface area contributed by atoms with Gasteiger partial charge in [0, 0.05) is 13.0 Å². The van der Waals surface area contributed by atoms with E-state index in [0.29, 0.717) is 6.61 Å². The second kappa shape index (κ2) is 4.33. The van der Waals surface area contributed by atoms with E-state index in [1.54, 1.807) is 0 Å². The molecule has 2 atom stereocenters. The van der Waals surface area contributed by atoms with Crippen molar-refractivity contribution in [1.29, 1.82) is 0 Å². The maximum atomic E-state index is 9.64. The smallest absolute Gasteiger partial charge is 0.0854 e. The average molecular weight is 206 g/mol. The van der Waals surface area contributed by atoms with E-state index < -0.39 is 0 Å². The molecule has 0 saturated carbocycles. The number of aliphatic hydroxyl groups excluding tert-OH is 1. The quantitative estimate of drug-likeness (QED) is 0.765. The van der Waals surface area contributed by atoms with Gasteiger partial charge in [-0.2, -0.15) is 0 Å². The summed E-state index contributed by atoms with van der Waals surface area (Å²) in [4.78, 5) is 0. The van der Waals surface area contributed by atoms with Crippen molar-refractivity contribution in [2.24, 2.45) is 0 Å². The molecule has 1 N–H and O–H groups in total. The molecular weight excluding hydrogens is 188 g/mol. The molecule has 0 bridgehead atoms. The second-order valence-corrected chi connectivity index (χ2v) is 4.34. The minimum atomic E-state index is -0.206. The fraction of sp³-hybridized carbons (Fsp3) is 0.538. The molecular formula is C13H18O2. The molecule has 1 aliphatic rings. The van der Waals surface area contributed by atoms with Crippen LogP contribution in [0.2, 0.25) is 0 Å². The Labute approximate surface area is 90.9 Å². The Hall–Kier alpha value is -0.860. The van der Waals surface area contributed by atoms with Crippen molar-refractivity contribution in [2.45, 2.75) is 38.9 Å². The Kier molecular flexibility index (Phi) is 3.08. The number of aryl methyl sites for hydroxylation is 2. The number of ether oxygens (including phenoxy) is 1. The lowest BCUT2D eigenvalue weighted by Crippen LogP contribution is -2.24. The number of benzene rings is 1. The highest BCUT2D eigenvalue weighted by atomic mass is 16.5. The first-order valence-electron chi connectivity index (χ1n) is 5.54. The molecule has 2 nitrogen and oxygen atoms in total. The van der Waals surface area contributed by atoms with Crippen LogP contribution >= 0.6 is 0 Å². The summed E-state index contributed by atoms with van der Waals surface area (Å²) in [6, 6.07) is 6.27. The van der Waals surface area contributed by atoms with Crippen LogP contribution in [0, 0.1) is 13.8 Å². The zero-order chi connectivity index (χ0) is 10.8. The van der Waals surface area contributed by atoms with Gasteiger partial charge in [0.15, 0.2) is 0 Å². The van der Waals surface area contributed by atoms with E-state index in [0.717, 1.165) is 12.8 Å². The Bertz CT molecular complexity index is 326. The van der Waals surface area contributed by atoms with Crippen LogP contribution in [0.4, 0.5) is 0 Å². The summed E-state index contributed by atoms with van der Waals surface area (Å²) < 4.78 is 5.74. The van der Waals surface area contributed by atoms with E-state index in [1.165, 1.54) is 16.7 Å². The molecule has 0 aromatic heterocycles. The zero-order valence-corrected chi connectivity index (χ0v) is 9.36. The molecule has 0 aliphatic carbocycles. The van der Waals surface area contributed by atoms with E-state index in [4.69, 9.17) is 4.74 Å². The van der Waals surface area contributed by atoms with Crippen molar-refractivity contribution in [1.82, 2.24) is 0 Å². The summed E-state index contributed by atoms with van der Waals surface area (Å²) in [5.74, 6) is 0. The molecule has 1 saturated heterocycles. The van der Waals surface area contributed by atoms with Crippen molar-refractivity contribution in [3.05, 3.63) is 34.9 Å². The molecule has 1 aromatic carbocycles. The Morgan fingerprint density at radius 2 is 1.93 bits per heavy atom. The van der Waals surface area contributed by atoms with Gasteiger partial charge in [-0.3, -0.25) is 0 Å². The second-order valence-electron chi connectivity index (χ2n) is 4.34. The van der Waals surface area contributed by atoms with Gasteiger partial charge in [0.05, 0.1) is 12.2 Å². The molecule has 82 valence electrons. The van der Waals surface area contributed by atoms with Crippen molar-refractivity contribution in [2.75, 3.05) is 6.61 Å². The summed E-state index contributed by atoms with van der Waals surface area (Å²) in [7, 11) is 0. The molecule has 1 heterocycles. The molecule has 1 aliphatic heterocycles. The third-order valence-electron chi connectivity index (χ3n) is 3.12. The monoisotopic (exact) mass is 206 g/mol. The maximum absolute atomic E-state index is 9.64. The van der Waals surface area contributed by atoms with Gasteiger partial charge in [-0.15, -0.1) is 0 Å². The Morgan fingerprint density at radius 3 is 2.53 bits per heavy atom. The maximum Gasteiger partial charge on any atom is 0.0854 e. The third-order valence-corrected chi connectivity index (χ3v) is 3.12. The van der Waals surface area contributed by atoms with Crippen molar-refractivity contribution >= 4 is 0 Å². The summed E-state index contributed by atoms with van der Waals surface area (Å²) in [5.41, 5.74) is 3.78. The van der Waals surface area contributed by atoms with Crippen molar-refractivity contribution in [3.8, 4) is 0 Å². The minimum Gasteiger partial charge on any atom is -0.393 e. The lowest BCUT2D eigenvalue weighted by atomic mass is 9.92. The topological polar surface area (TPSA) is 29.5 Å². The van der Waals surface area contributed by atoms with Crippen LogP contribution in [0.15, 0.2) is 18.2 Å². The summed E-state index contributed by atoms with van der Waals surface area (Å²) in [6.07, 6.45) is 1.37. The fourth-order valence-electron chi connectivity index (χ4n) is 2.32. The van der Waals surface area contributed by atoms with Crippen LogP contribution in [-0.4, -0.2) is 17.8 Å². The number of rotatable bonds is 1. The van der Waals surface area contributed by atoms with Gasteiger partial charge in [0.2, 0.25) is 0 Å². The molecule has 2 rings (SSSR count). The lowest BCUT2D eigenvalue weighted by Gasteiger charge is -2.29. The van der Waals surface area contributed by atoms with E-state index in [-0.39, 0.29) is 12.2 Å². The predicted molar refractivity (Wildman–Crippen MR) is 59.8 cm³/mol. The summed E-state index contributed by atoms with van der Waals surface area (Å²) in [6.45, 7) is 4.87. The molecule has 1 aromatic rings. The molecule has 0 radical (unpaired) electrons. The van der Waals surface area contributed by atoms with Crippen LogP contribution < -0.4 is 0 Å². The van der Waals surface area contributed by atoms with Crippen LogP contribution in [0.25, 0.3) is 0 Å². The van der Waals surface area contributed by atoms with Gasteiger partial charge in [-0.05, 0) is 37.0 Å². The predicted octanol–water partition coefficient (Wildman–Crippen LogP) is 2.52. The fourth-order valence-corrected chi connectivity index (χ4v) is 2.32. The molecule has 15 heavy (non-hydrogen) atoms. The first kappa shape index (κ1) is 10.7. The zero-order valence-electron chi connectivity index (χ0n) is 9.36. The Balaban J connectivity index is 2.28. The van der Waals surface area contributed by atoms with Crippen molar-refractivity contribution < 1.29 is 9.84 Å². The van der Waals surface area contributed by atoms with E-state index in [9.17, 15) is 5.11 Å². The summed E-state index contributed by atoms with van der Waals surface area (Å²) >= 11 is 0. The molecule has 1 fully saturated rings. The van der Waals surface area contributed by atoms with Crippen LogP contribution in [-0.2, 0) is 4.74 Å². The first-order chi connectivity index (χ1) is 7.18. The number of aliphatic hydroxyl groups is 1. The standard InChI is InChI=1S/C13H18O2/c1-9-4-3-5-10(2)13(9)12-8-11(14)6-7-15-12/h3-5,11-12,14H,6-8H2,1-2H3. The first-order valence-corrected chi connectivity index (χ1v) is 5.54. The van der Waals surface area contributed by atoms with Crippen LogP contribution in [0.1, 0.15) is 35.6 Å². The van der Waals surface area contributed by atoms with Gasteiger partial charge in [-0.1, -0.05) is 18.2 Å². The van der Waals surface area contributed by atoms with E-state index in [1.807, 2.05) is 0 Å². The van der Waals surface area contributed by atoms with Gasteiger partial charge in [-0.25, -0.2) is 0 Å². The largest absolute Gasteiger partial charge is 0.393 e. The molecule has 0 spiro atoms. The van der Waals surface area contributed by atoms with Gasteiger partial charge in [0.1, 0.15) is 0 Å². The highest BCUT2D eigenvalue weighted by molar-refractivity contribution is 5.35. The molecule has 0 amide bonds. The van der Waals surface area contributed by atoms with Crippen molar-refractivity contribution in [3.63, 3.8) is 0 Å². The van der Waals surface area contributed by atoms with Crippen LogP contribution in [0.3, 0.4) is 0 Å². The average Bonchev–Trinajstić information content (AvgIpc) is 2.17. The van der Waals surface area contributed by atoms with Gasteiger partial charge < -0.3 is 9.84 Å². The highest BCUT2D eigenvalue weighted by Gasteiger charge is 2.24. The highest BCUT2D eigenvalue weighted by Crippen LogP contribution is 2.32. The minimum absolute atomic E-state index is 0.0787. The van der Waals surface area contributed by atoms with E-state index in [2.05, 4.69) is 32.0 Å².